The van der Waals surface area contributed by atoms with E-state index in [1.807, 2.05) is 19.1 Å². The Morgan fingerprint density at radius 2 is 1.93 bits per heavy atom. The average molecular weight is 581 g/mol. The van der Waals surface area contributed by atoms with Crippen molar-refractivity contribution < 1.29 is 19.1 Å². The summed E-state index contributed by atoms with van der Waals surface area (Å²) in [5.41, 5.74) is 4.04. The SMILES string of the molecule is Cc1c(-c2cc3ccc(Cl)nc3n2CC2CC2)nn2cc(C(=O)N3C[C@H](F)C[C@@H](N(C(=O)O)C(C)(C)C)C3)ccc12. The van der Waals surface area contributed by atoms with Crippen molar-refractivity contribution in [3.63, 3.8) is 0 Å². The molecule has 0 aromatic carbocycles. The number of amides is 2. The van der Waals surface area contributed by atoms with Crippen LogP contribution in [-0.2, 0) is 6.54 Å². The molecule has 2 fully saturated rings. The van der Waals surface area contributed by atoms with Crippen LogP contribution < -0.4 is 0 Å². The van der Waals surface area contributed by atoms with Gasteiger partial charge in [-0.3, -0.25) is 9.69 Å². The average Bonchev–Trinajstić information content (AvgIpc) is 3.57. The number of nitrogens with zero attached hydrogens (tertiary/aromatic N) is 6. The lowest BCUT2D eigenvalue weighted by atomic mass is 9.96. The predicted octanol–water partition coefficient (Wildman–Crippen LogP) is 6.05. The molecule has 9 nitrogen and oxygen atoms in total. The van der Waals surface area contributed by atoms with E-state index in [-0.39, 0.29) is 25.4 Å². The number of hydrogen-bond donors (Lipinski definition) is 1. The number of carbonyl (C=O) groups excluding carboxylic acids is 1. The standard InChI is InChI=1S/C30H34ClFN6O3/c1-17-23-9-7-20(28(39)35-15-21(32)12-22(16-35)38(29(40)41)30(2,3)4)14-37(23)34-26(17)24-11-19-8-10-25(31)33-27(19)36(24)13-18-5-6-18/h7-11,14,18,21-22H,5-6,12-13,15-16H2,1-4H3,(H,40,41)/t21-,22-/m1/s1. The minimum absolute atomic E-state index is 0.0586. The van der Waals surface area contributed by atoms with Gasteiger partial charge in [-0.1, -0.05) is 11.6 Å². The second-order valence-corrected chi connectivity index (χ2v) is 12.8. The van der Waals surface area contributed by atoms with Gasteiger partial charge in [0.25, 0.3) is 5.91 Å². The van der Waals surface area contributed by atoms with E-state index >= 15 is 0 Å². The number of piperidine rings is 1. The number of halogens is 2. The van der Waals surface area contributed by atoms with Gasteiger partial charge in [0.2, 0.25) is 0 Å². The summed E-state index contributed by atoms with van der Waals surface area (Å²) in [6, 6.07) is 8.78. The normalized spacial score (nSPS) is 19.7. The Hall–Kier alpha value is -3.66. The van der Waals surface area contributed by atoms with Crippen molar-refractivity contribution in [3.8, 4) is 11.4 Å². The first-order chi connectivity index (χ1) is 19.4. The maximum atomic E-state index is 14.9. The zero-order chi connectivity index (χ0) is 29.2. The van der Waals surface area contributed by atoms with Crippen LogP contribution in [0.25, 0.3) is 27.9 Å². The predicted molar refractivity (Wildman–Crippen MR) is 155 cm³/mol. The summed E-state index contributed by atoms with van der Waals surface area (Å²) in [5, 5.41) is 16.2. The van der Waals surface area contributed by atoms with Gasteiger partial charge in [0.05, 0.1) is 29.4 Å². The summed E-state index contributed by atoms with van der Waals surface area (Å²) in [5.74, 6) is 0.254. The lowest BCUT2D eigenvalue weighted by molar-refractivity contribution is 0.0125. The van der Waals surface area contributed by atoms with Gasteiger partial charge in [-0.15, -0.1) is 0 Å². The van der Waals surface area contributed by atoms with Crippen LogP contribution in [0.1, 0.15) is 56.0 Å². The number of hydrogen-bond acceptors (Lipinski definition) is 4. The summed E-state index contributed by atoms with van der Waals surface area (Å²) in [4.78, 5) is 32.9. The molecule has 1 aliphatic heterocycles. The van der Waals surface area contributed by atoms with Gasteiger partial charge in [-0.2, -0.15) is 5.10 Å². The van der Waals surface area contributed by atoms with E-state index < -0.39 is 23.8 Å². The van der Waals surface area contributed by atoms with Crippen LogP contribution in [0, 0.1) is 12.8 Å². The van der Waals surface area contributed by atoms with Crippen LogP contribution in [-0.4, -0.2) is 76.9 Å². The number of pyridine rings is 2. The Bertz CT molecular complexity index is 1670. The second kappa shape index (κ2) is 10.0. The molecule has 4 aromatic rings. The number of carbonyl (C=O) groups is 2. The van der Waals surface area contributed by atoms with Crippen LogP contribution in [0.2, 0.25) is 5.15 Å². The molecule has 1 N–H and O–H groups in total. The largest absolute Gasteiger partial charge is 0.465 e. The molecule has 0 unspecified atom stereocenters. The van der Waals surface area contributed by atoms with Gasteiger partial charge in [-0.25, -0.2) is 18.7 Å². The molecule has 1 saturated carbocycles. The highest BCUT2D eigenvalue weighted by Gasteiger charge is 2.40. The lowest BCUT2D eigenvalue weighted by Gasteiger charge is -2.45. The Labute approximate surface area is 242 Å². The van der Waals surface area contributed by atoms with Crippen LogP contribution in [0.3, 0.4) is 0 Å². The van der Waals surface area contributed by atoms with Crippen molar-refractivity contribution in [1.29, 1.82) is 0 Å². The van der Waals surface area contributed by atoms with Crippen LogP contribution in [0.4, 0.5) is 9.18 Å². The molecule has 0 bridgehead atoms. The van der Waals surface area contributed by atoms with E-state index in [9.17, 15) is 19.1 Å². The minimum Gasteiger partial charge on any atom is -0.465 e. The fourth-order valence-electron chi connectivity index (χ4n) is 6.13. The topological polar surface area (TPSA) is 96.0 Å². The molecule has 1 saturated heterocycles. The Morgan fingerprint density at radius 3 is 2.61 bits per heavy atom. The van der Waals surface area contributed by atoms with E-state index in [2.05, 4.69) is 15.6 Å². The van der Waals surface area contributed by atoms with Gasteiger partial charge in [-0.05, 0) is 76.8 Å². The molecule has 4 aromatic heterocycles. The summed E-state index contributed by atoms with van der Waals surface area (Å²) in [6.07, 6.45) is 1.66. The van der Waals surface area contributed by atoms with Crippen LogP contribution >= 0.6 is 11.6 Å². The zero-order valence-electron chi connectivity index (χ0n) is 23.6. The molecular weight excluding hydrogens is 547 g/mol. The van der Waals surface area contributed by atoms with E-state index in [4.69, 9.17) is 16.7 Å². The molecular formula is C30H34ClFN6O3. The van der Waals surface area contributed by atoms with Crippen molar-refractivity contribution in [2.24, 2.45) is 5.92 Å². The number of aryl methyl sites for hydroxylation is 1. The first-order valence-electron chi connectivity index (χ1n) is 14.0. The first-order valence-corrected chi connectivity index (χ1v) is 14.4. The Balaban J connectivity index is 1.34. The number of alkyl halides is 1. The van der Waals surface area contributed by atoms with Crippen molar-refractivity contribution in [2.45, 2.75) is 71.3 Å². The third-order valence-corrected chi connectivity index (χ3v) is 8.38. The molecule has 5 heterocycles. The monoisotopic (exact) mass is 580 g/mol. The quantitative estimate of drug-likeness (QED) is 0.290. The van der Waals surface area contributed by atoms with E-state index in [0.29, 0.717) is 16.6 Å². The minimum atomic E-state index is -1.32. The van der Waals surface area contributed by atoms with Crippen LogP contribution in [0.5, 0.6) is 0 Å². The molecule has 2 amide bonds. The zero-order valence-corrected chi connectivity index (χ0v) is 24.4. The maximum Gasteiger partial charge on any atom is 0.408 e. The molecule has 6 rings (SSSR count). The third-order valence-electron chi connectivity index (χ3n) is 8.17. The molecule has 0 radical (unpaired) electrons. The first kappa shape index (κ1) is 27.5. The number of aromatic nitrogens is 4. The Morgan fingerprint density at radius 1 is 1.17 bits per heavy atom. The highest BCUT2D eigenvalue weighted by atomic mass is 35.5. The van der Waals surface area contributed by atoms with E-state index in [1.165, 1.54) is 22.6 Å². The summed E-state index contributed by atoms with van der Waals surface area (Å²) in [7, 11) is 0. The Kier molecular flexibility index (Phi) is 6.71. The fourth-order valence-corrected chi connectivity index (χ4v) is 6.27. The molecule has 2 aliphatic rings. The number of likely N-dealkylation sites (tertiary alicyclic amines) is 1. The number of fused-ring (bicyclic) bond motifs is 2. The van der Waals surface area contributed by atoms with Gasteiger partial charge in [0, 0.05) is 42.2 Å². The molecule has 0 spiro atoms. The molecule has 1 aliphatic carbocycles. The van der Waals surface area contributed by atoms with Gasteiger partial charge >= 0.3 is 6.09 Å². The number of rotatable bonds is 5. The molecule has 2 atom stereocenters. The molecule has 216 valence electrons. The van der Waals surface area contributed by atoms with Crippen molar-refractivity contribution in [2.75, 3.05) is 13.1 Å². The van der Waals surface area contributed by atoms with Crippen molar-refractivity contribution >= 4 is 40.2 Å². The van der Waals surface area contributed by atoms with Crippen molar-refractivity contribution in [3.05, 3.63) is 52.8 Å². The van der Waals surface area contributed by atoms with Crippen LogP contribution in [0.15, 0.2) is 36.5 Å². The van der Waals surface area contributed by atoms with E-state index in [1.54, 1.807) is 43.6 Å². The van der Waals surface area contributed by atoms with E-state index in [0.717, 1.165) is 40.0 Å². The highest BCUT2D eigenvalue weighted by Crippen LogP contribution is 2.37. The lowest BCUT2D eigenvalue weighted by Crippen LogP contribution is -2.59. The van der Waals surface area contributed by atoms with Gasteiger partial charge < -0.3 is 14.6 Å². The highest BCUT2D eigenvalue weighted by molar-refractivity contribution is 6.29. The van der Waals surface area contributed by atoms with Gasteiger partial charge in [0.15, 0.2) is 0 Å². The van der Waals surface area contributed by atoms with Crippen molar-refractivity contribution in [1.82, 2.24) is 29.0 Å². The smallest absolute Gasteiger partial charge is 0.408 e. The second-order valence-electron chi connectivity index (χ2n) is 12.4. The van der Waals surface area contributed by atoms with Gasteiger partial charge in [0.1, 0.15) is 22.7 Å². The molecule has 41 heavy (non-hydrogen) atoms. The maximum absolute atomic E-state index is 14.9. The molecule has 11 heteroatoms. The third kappa shape index (κ3) is 5.14. The number of carboxylic acid groups (broad SMARTS) is 1. The summed E-state index contributed by atoms with van der Waals surface area (Å²) >= 11 is 6.24. The summed E-state index contributed by atoms with van der Waals surface area (Å²) in [6.45, 7) is 8.22. The fraction of sp³-hybridized carbons (Fsp3) is 0.467. The summed E-state index contributed by atoms with van der Waals surface area (Å²) < 4.78 is 18.8.